The zero-order chi connectivity index (χ0) is 16.8. The molecule has 1 unspecified atom stereocenters. The fourth-order valence-corrected chi connectivity index (χ4v) is 2.98. The van der Waals surface area contributed by atoms with Crippen molar-refractivity contribution in [3.63, 3.8) is 0 Å². The van der Waals surface area contributed by atoms with Gasteiger partial charge in [0.1, 0.15) is 17.1 Å². The van der Waals surface area contributed by atoms with E-state index in [-0.39, 0.29) is 11.2 Å². The number of nitrogens with one attached hydrogen (secondary N) is 1. The highest BCUT2D eigenvalue weighted by molar-refractivity contribution is 8.00. The first-order chi connectivity index (χ1) is 11.7. The quantitative estimate of drug-likeness (QED) is 0.549. The summed E-state index contributed by atoms with van der Waals surface area (Å²) < 4.78 is 5.20. The van der Waals surface area contributed by atoms with Gasteiger partial charge in [0.25, 0.3) is 0 Å². The van der Waals surface area contributed by atoms with E-state index in [9.17, 15) is 4.79 Å². The van der Waals surface area contributed by atoms with E-state index in [4.69, 9.17) is 4.42 Å². The van der Waals surface area contributed by atoms with E-state index in [0.717, 1.165) is 22.0 Å². The number of thioether (sulfide) groups is 1. The van der Waals surface area contributed by atoms with Crippen molar-refractivity contribution in [2.45, 2.75) is 23.7 Å². The first-order valence-electron chi connectivity index (χ1n) is 7.56. The molecule has 122 valence electrons. The number of benzene rings is 1. The van der Waals surface area contributed by atoms with Gasteiger partial charge in [0.05, 0.1) is 23.8 Å². The second-order valence-corrected chi connectivity index (χ2v) is 6.53. The van der Waals surface area contributed by atoms with E-state index in [1.807, 2.05) is 49.4 Å². The molecule has 0 saturated heterocycles. The van der Waals surface area contributed by atoms with Gasteiger partial charge in [-0.3, -0.25) is 4.79 Å². The molecule has 6 heteroatoms. The maximum Gasteiger partial charge on any atom is 0.233 e. The maximum atomic E-state index is 12.2. The number of furan rings is 1. The van der Waals surface area contributed by atoms with Crippen molar-refractivity contribution in [1.82, 2.24) is 15.3 Å². The number of hydrogen-bond donors (Lipinski definition) is 1. The molecule has 1 aromatic carbocycles. The monoisotopic (exact) mass is 339 g/mol. The predicted molar refractivity (Wildman–Crippen MR) is 93.3 cm³/mol. The van der Waals surface area contributed by atoms with E-state index in [1.165, 1.54) is 18.1 Å². The molecule has 0 radical (unpaired) electrons. The molecule has 2 heterocycles. The summed E-state index contributed by atoms with van der Waals surface area (Å²) in [6.07, 6.45) is 3.11. The van der Waals surface area contributed by atoms with Crippen molar-refractivity contribution in [3.8, 4) is 11.3 Å². The second kappa shape index (κ2) is 7.79. The summed E-state index contributed by atoms with van der Waals surface area (Å²) in [5.41, 5.74) is 1.87. The molecule has 0 saturated carbocycles. The molecule has 3 rings (SSSR count). The molecule has 3 aromatic rings. The molecular weight excluding hydrogens is 322 g/mol. The van der Waals surface area contributed by atoms with Crippen LogP contribution in [0.25, 0.3) is 11.3 Å². The van der Waals surface area contributed by atoms with Gasteiger partial charge in [0.15, 0.2) is 0 Å². The van der Waals surface area contributed by atoms with Crippen LogP contribution in [0, 0.1) is 0 Å². The average molecular weight is 339 g/mol. The lowest BCUT2D eigenvalue weighted by Crippen LogP contribution is -2.30. The predicted octanol–water partition coefficient (Wildman–Crippen LogP) is 3.53. The fourth-order valence-electron chi connectivity index (χ4n) is 2.14. The topological polar surface area (TPSA) is 68.0 Å². The summed E-state index contributed by atoms with van der Waals surface area (Å²) in [5.74, 6) is 0.672. The van der Waals surface area contributed by atoms with Crippen molar-refractivity contribution < 1.29 is 9.21 Å². The third kappa shape index (κ3) is 4.23. The first kappa shape index (κ1) is 16.3. The summed E-state index contributed by atoms with van der Waals surface area (Å²) in [5, 5.41) is 3.36. The highest BCUT2D eigenvalue weighted by Gasteiger charge is 2.15. The molecular formula is C18H17N3O2S. The van der Waals surface area contributed by atoms with Crippen LogP contribution in [-0.2, 0) is 11.3 Å². The number of amides is 1. The van der Waals surface area contributed by atoms with Crippen LogP contribution in [-0.4, -0.2) is 21.1 Å². The Kier molecular flexibility index (Phi) is 5.28. The largest absolute Gasteiger partial charge is 0.467 e. The Labute approximate surface area is 144 Å². The normalized spacial score (nSPS) is 11.9. The number of hydrogen-bond acceptors (Lipinski definition) is 5. The number of aromatic nitrogens is 2. The van der Waals surface area contributed by atoms with E-state index in [0.29, 0.717) is 6.54 Å². The molecule has 0 aliphatic heterocycles. The van der Waals surface area contributed by atoms with E-state index < -0.39 is 0 Å². The van der Waals surface area contributed by atoms with Crippen molar-refractivity contribution in [2.75, 3.05) is 0 Å². The standard InChI is InChI=1S/C18H17N3O2S/c1-13(18(22)19-11-15-8-5-9-23-15)24-17-10-16(20-12-21-17)14-6-3-2-4-7-14/h2-10,12-13H,11H2,1H3,(H,19,22). The van der Waals surface area contributed by atoms with Gasteiger partial charge < -0.3 is 9.73 Å². The van der Waals surface area contributed by atoms with Gasteiger partial charge in [-0.15, -0.1) is 0 Å². The highest BCUT2D eigenvalue weighted by atomic mass is 32.2. The summed E-state index contributed by atoms with van der Waals surface area (Å²) in [6.45, 7) is 2.24. The minimum Gasteiger partial charge on any atom is -0.467 e. The van der Waals surface area contributed by atoms with Crippen LogP contribution in [0.4, 0.5) is 0 Å². The molecule has 0 aliphatic rings. The third-order valence-electron chi connectivity index (χ3n) is 3.40. The average Bonchev–Trinajstić information content (AvgIpc) is 3.14. The Hall–Kier alpha value is -2.60. The van der Waals surface area contributed by atoms with Gasteiger partial charge in [-0.1, -0.05) is 42.1 Å². The molecule has 0 spiro atoms. The zero-order valence-electron chi connectivity index (χ0n) is 13.2. The summed E-state index contributed by atoms with van der Waals surface area (Å²) in [7, 11) is 0. The smallest absolute Gasteiger partial charge is 0.233 e. The Bertz CT molecular complexity index is 791. The van der Waals surface area contributed by atoms with Gasteiger partial charge in [0, 0.05) is 5.56 Å². The minimum absolute atomic E-state index is 0.0590. The molecule has 0 fully saturated rings. The van der Waals surface area contributed by atoms with Crippen LogP contribution in [0.3, 0.4) is 0 Å². The number of rotatable bonds is 6. The van der Waals surface area contributed by atoms with Gasteiger partial charge in [-0.05, 0) is 25.1 Å². The zero-order valence-corrected chi connectivity index (χ0v) is 14.0. The van der Waals surface area contributed by atoms with Crippen LogP contribution >= 0.6 is 11.8 Å². The lowest BCUT2D eigenvalue weighted by Gasteiger charge is -2.11. The summed E-state index contributed by atoms with van der Waals surface area (Å²) in [6, 6.07) is 15.4. The molecule has 1 N–H and O–H groups in total. The van der Waals surface area contributed by atoms with Crippen LogP contribution in [0.1, 0.15) is 12.7 Å². The number of carbonyl (C=O) groups is 1. The van der Waals surface area contributed by atoms with Crippen LogP contribution in [0.5, 0.6) is 0 Å². The first-order valence-corrected chi connectivity index (χ1v) is 8.44. The molecule has 0 bridgehead atoms. The Balaban J connectivity index is 1.61. The van der Waals surface area contributed by atoms with Crippen molar-refractivity contribution >= 4 is 17.7 Å². The molecule has 5 nitrogen and oxygen atoms in total. The molecule has 0 aliphatic carbocycles. The van der Waals surface area contributed by atoms with Crippen LogP contribution in [0.15, 0.2) is 70.6 Å². The number of carbonyl (C=O) groups excluding carboxylic acids is 1. The third-order valence-corrected chi connectivity index (χ3v) is 4.43. The lowest BCUT2D eigenvalue weighted by atomic mass is 10.1. The minimum atomic E-state index is -0.265. The molecule has 1 atom stereocenters. The SMILES string of the molecule is CC(Sc1cc(-c2ccccc2)ncn1)C(=O)NCc1ccco1. The Morgan fingerprint density at radius 3 is 2.79 bits per heavy atom. The van der Waals surface area contributed by atoms with E-state index in [2.05, 4.69) is 15.3 Å². The fraction of sp³-hybridized carbons (Fsp3) is 0.167. The summed E-state index contributed by atoms with van der Waals surface area (Å²) >= 11 is 1.40. The van der Waals surface area contributed by atoms with Crippen molar-refractivity contribution in [2.24, 2.45) is 0 Å². The molecule has 1 amide bonds. The molecule has 2 aromatic heterocycles. The number of nitrogens with zero attached hydrogens (tertiary/aromatic N) is 2. The van der Waals surface area contributed by atoms with Crippen LogP contribution < -0.4 is 5.32 Å². The van der Waals surface area contributed by atoms with E-state index in [1.54, 1.807) is 12.3 Å². The maximum absolute atomic E-state index is 12.2. The van der Waals surface area contributed by atoms with Gasteiger partial charge in [0.2, 0.25) is 5.91 Å². The lowest BCUT2D eigenvalue weighted by molar-refractivity contribution is -0.120. The van der Waals surface area contributed by atoms with Gasteiger partial charge in [-0.2, -0.15) is 0 Å². The summed E-state index contributed by atoms with van der Waals surface area (Å²) in [4.78, 5) is 20.7. The second-order valence-electron chi connectivity index (χ2n) is 5.16. The van der Waals surface area contributed by atoms with Crippen molar-refractivity contribution in [1.29, 1.82) is 0 Å². The van der Waals surface area contributed by atoms with E-state index >= 15 is 0 Å². The molecule has 24 heavy (non-hydrogen) atoms. The Morgan fingerprint density at radius 1 is 1.21 bits per heavy atom. The van der Waals surface area contributed by atoms with Gasteiger partial charge >= 0.3 is 0 Å². The Morgan fingerprint density at radius 2 is 2.04 bits per heavy atom. The van der Waals surface area contributed by atoms with Crippen LogP contribution in [0.2, 0.25) is 0 Å². The highest BCUT2D eigenvalue weighted by Crippen LogP contribution is 2.25. The van der Waals surface area contributed by atoms with Crippen molar-refractivity contribution in [3.05, 3.63) is 66.9 Å². The van der Waals surface area contributed by atoms with Gasteiger partial charge in [-0.25, -0.2) is 9.97 Å².